The molecule has 1 fully saturated rings. The van der Waals surface area contributed by atoms with Crippen LogP contribution in [0.2, 0.25) is 0 Å². The van der Waals surface area contributed by atoms with Crippen LogP contribution >= 0.6 is 0 Å². The summed E-state index contributed by atoms with van der Waals surface area (Å²) in [5.74, 6) is 1.32. The lowest BCUT2D eigenvalue weighted by Crippen LogP contribution is -2.41. The van der Waals surface area contributed by atoms with Crippen molar-refractivity contribution >= 4 is 5.91 Å². The first kappa shape index (κ1) is 17.6. The molecule has 1 saturated carbocycles. The van der Waals surface area contributed by atoms with E-state index < -0.39 is 0 Å². The van der Waals surface area contributed by atoms with Crippen LogP contribution in [0.1, 0.15) is 54.8 Å². The fourth-order valence-electron chi connectivity index (χ4n) is 3.53. The second-order valence-electron chi connectivity index (χ2n) is 6.69. The van der Waals surface area contributed by atoms with Gasteiger partial charge in [0, 0.05) is 30.7 Å². The van der Waals surface area contributed by atoms with Gasteiger partial charge in [-0.05, 0) is 49.4 Å². The van der Waals surface area contributed by atoms with E-state index in [-0.39, 0.29) is 18.6 Å². The number of aliphatic hydroxyl groups is 1. The van der Waals surface area contributed by atoms with E-state index in [0.717, 1.165) is 18.4 Å². The number of aryl methyl sites for hydroxylation is 1. The molecule has 0 bridgehead atoms. The topological polar surface area (TPSA) is 88.2 Å². The number of carbonyl (C=O) groups is 1. The van der Waals surface area contributed by atoms with Crippen LogP contribution in [-0.4, -0.2) is 33.9 Å². The minimum Gasteiger partial charge on any atom is -0.421 e. The highest BCUT2D eigenvalue weighted by atomic mass is 16.4. The number of aromatic nitrogens is 2. The van der Waals surface area contributed by atoms with E-state index in [4.69, 9.17) is 4.42 Å². The molecule has 1 aliphatic carbocycles. The summed E-state index contributed by atoms with van der Waals surface area (Å²) in [6, 6.07) is 7.19. The first-order chi connectivity index (χ1) is 12.2. The standard InChI is InChI=1S/C19H25N3O3/c1-13-21-22-19(25-13)16-9-7-15(8-10-16)18(24)20-17(11-12-23)14-5-3-2-4-6-14/h7-10,14,17,23H,2-6,11-12H2,1H3,(H,20,24). The van der Waals surface area contributed by atoms with E-state index in [1.807, 2.05) is 12.1 Å². The highest BCUT2D eigenvalue weighted by Gasteiger charge is 2.25. The Morgan fingerprint density at radius 3 is 2.56 bits per heavy atom. The Labute approximate surface area is 147 Å². The molecule has 0 spiro atoms. The summed E-state index contributed by atoms with van der Waals surface area (Å²) in [4.78, 5) is 12.6. The average Bonchev–Trinajstić information content (AvgIpc) is 3.08. The van der Waals surface area contributed by atoms with Gasteiger partial charge in [-0.3, -0.25) is 4.79 Å². The van der Waals surface area contributed by atoms with Crippen LogP contribution in [-0.2, 0) is 0 Å². The van der Waals surface area contributed by atoms with Crippen molar-refractivity contribution in [3.05, 3.63) is 35.7 Å². The number of carbonyl (C=O) groups excluding carboxylic acids is 1. The molecule has 6 heteroatoms. The van der Waals surface area contributed by atoms with Gasteiger partial charge in [-0.25, -0.2) is 0 Å². The number of amides is 1. The summed E-state index contributed by atoms with van der Waals surface area (Å²) in [7, 11) is 0. The summed E-state index contributed by atoms with van der Waals surface area (Å²) in [6.45, 7) is 1.84. The maximum absolute atomic E-state index is 12.6. The number of rotatable bonds is 6. The lowest BCUT2D eigenvalue weighted by atomic mass is 9.82. The summed E-state index contributed by atoms with van der Waals surface area (Å²) < 4.78 is 5.40. The zero-order valence-electron chi connectivity index (χ0n) is 14.6. The van der Waals surface area contributed by atoms with Crippen LogP contribution < -0.4 is 5.32 Å². The molecule has 1 atom stereocenters. The van der Waals surface area contributed by atoms with Gasteiger partial charge in [0.1, 0.15) is 0 Å². The smallest absolute Gasteiger partial charge is 0.251 e. The molecule has 2 N–H and O–H groups in total. The van der Waals surface area contributed by atoms with Gasteiger partial charge in [0.25, 0.3) is 5.91 Å². The minimum absolute atomic E-state index is 0.0380. The molecule has 6 nitrogen and oxygen atoms in total. The number of nitrogens with one attached hydrogen (secondary N) is 1. The van der Waals surface area contributed by atoms with E-state index >= 15 is 0 Å². The molecule has 134 valence electrons. The van der Waals surface area contributed by atoms with Crippen molar-refractivity contribution in [3.63, 3.8) is 0 Å². The maximum atomic E-state index is 12.6. The SMILES string of the molecule is Cc1nnc(-c2ccc(C(=O)NC(CCO)C3CCCCC3)cc2)o1. The summed E-state index contributed by atoms with van der Waals surface area (Å²) in [5, 5.41) is 20.2. The van der Waals surface area contributed by atoms with Crippen molar-refractivity contribution in [3.8, 4) is 11.5 Å². The Bertz CT molecular complexity index is 690. The van der Waals surface area contributed by atoms with Gasteiger partial charge < -0.3 is 14.8 Å². The van der Waals surface area contributed by atoms with Crippen molar-refractivity contribution in [1.29, 1.82) is 0 Å². The van der Waals surface area contributed by atoms with Crippen molar-refractivity contribution in [2.24, 2.45) is 5.92 Å². The number of hydrogen-bond acceptors (Lipinski definition) is 5. The molecule has 3 rings (SSSR count). The fourth-order valence-corrected chi connectivity index (χ4v) is 3.53. The number of hydrogen-bond donors (Lipinski definition) is 2. The molecule has 1 unspecified atom stereocenters. The second-order valence-corrected chi connectivity index (χ2v) is 6.69. The molecule has 0 saturated heterocycles. The molecule has 25 heavy (non-hydrogen) atoms. The Morgan fingerprint density at radius 1 is 1.24 bits per heavy atom. The van der Waals surface area contributed by atoms with Crippen molar-refractivity contribution < 1.29 is 14.3 Å². The number of benzene rings is 1. The first-order valence-corrected chi connectivity index (χ1v) is 8.99. The molecule has 1 aromatic heterocycles. The third-order valence-corrected chi connectivity index (χ3v) is 4.90. The van der Waals surface area contributed by atoms with Crippen molar-refractivity contribution in [2.45, 2.75) is 51.5 Å². The number of aliphatic hydroxyl groups excluding tert-OH is 1. The van der Waals surface area contributed by atoms with Gasteiger partial charge in [-0.1, -0.05) is 19.3 Å². The third-order valence-electron chi connectivity index (χ3n) is 4.90. The number of nitrogens with zero attached hydrogens (tertiary/aromatic N) is 2. The predicted octanol–water partition coefficient (Wildman–Crippen LogP) is 3.11. The molecule has 0 radical (unpaired) electrons. The molecule has 0 aliphatic heterocycles. The van der Waals surface area contributed by atoms with Gasteiger partial charge in [-0.2, -0.15) is 0 Å². The van der Waals surface area contributed by atoms with Crippen LogP contribution in [0.3, 0.4) is 0 Å². The zero-order chi connectivity index (χ0) is 17.6. The lowest BCUT2D eigenvalue weighted by Gasteiger charge is -2.30. The summed E-state index contributed by atoms with van der Waals surface area (Å²) in [5.41, 5.74) is 1.38. The van der Waals surface area contributed by atoms with Gasteiger partial charge in [0.15, 0.2) is 0 Å². The first-order valence-electron chi connectivity index (χ1n) is 8.99. The quantitative estimate of drug-likeness (QED) is 0.841. The van der Waals surface area contributed by atoms with E-state index in [1.54, 1.807) is 19.1 Å². The van der Waals surface area contributed by atoms with Crippen LogP contribution in [0.4, 0.5) is 0 Å². The monoisotopic (exact) mass is 343 g/mol. The molecule has 2 aromatic rings. The molecular weight excluding hydrogens is 318 g/mol. The van der Waals surface area contributed by atoms with Crippen molar-refractivity contribution in [1.82, 2.24) is 15.5 Å². The minimum atomic E-state index is -0.0997. The molecule has 1 amide bonds. The molecular formula is C19H25N3O3. The maximum Gasteiger partial charge on any atom is 0.251 e. The normalized spacial score (nSPS) is 16.6. The Balaban J connectivity index is 1.66. The highest BCUT2D eigenvalue weighted by Crippen LogP contribution is 2.28. The lowest BCUT2D eigenvalue weighted by molar-refractivity contribution is 0.0899. The van der Waals surface area contributed by atoms with Gasteiger partial charge >= 0.3 is 0 Å². The van der Waals surface area contributed by atoms with Gasteiger partial charge in [-0.15, -0.1) is 10.2 Å². The summed E-state index contributed by atoms with van der Waals surface area (Å²) in [6.07, 6.45) is 6.55. The predicted molar refractivity (Wildman–Crippen MR) is 94.0 cm³/mol. The Kier molecular flexibility index (Phi) is 5.81. The molecule has 1 heterocycles. The fraction of sp³-hybridized carbons (Fsp3) is 0.526. The second kappa shape index (κ2) is 8.25. The molecule has 1 aliphatic rings. The summed E-state index contributed by atoms with van der Waals surface area (Å²) >= 11 is 0. The third kappa shape index (κ3) is 4.45. The van der Waals surface area contributed by atoms with E-state index in [2.05, 4.69) is 15.5 Å². The van der Waals surface area contributed by atoms with Crippen LogP contribution in [0.25, 0.3) is 11.5 Å². The highest BCUT2D eigenvalue weighted by molar-refractivity contribution is 5.94. The van der Waals surface area contributed by atoms with Gasteiger partial charge in [0.05, 0.1) is 0 Å². The van der Waals surface area contributed by atoms with E-state index in [1.165, 1.54) is 19.3 Å². The van der Waals surface area contributed by atoms with E-state index in [0.29, 0.717) is 29.7 Å². The van der Waals surface area contributed by atoms with Crippen LogP contribution in [0.15, 0.2) is 28.7 Å². The zero-order valence-corrected chi connectivity index (χ0v) is 14.6. The largest absolute Gasteiger partial charge is 0.421 e. The van der Waals surface area contributed by atoms with Crippen LogP contribution in [0, 0.1) is 12.8 Å². The van der Waals surface area contributed by atoms with Gasteiger partial charge in [0.2, 0.25) is 11.8 Å². The Hall–Kier alpha value is -2.21. The van der Waals surface area contributed by atoms with E-state index in [9.17, 15) is 9.90 Å². The average molecular weight is 343 g/mol. The molecule has 1 aromatic carbocycles. The van der Waals surface area contributed by atoms with Crippen LogP contribution in [0.5, 0.6) is 0 Å². The Morgan fingerprint density at radius 2 is 1.96 bits per heavy atom. The van der Waals surface area contributed by atoms with Crippen molar-refractivity contribution in [2.75, 3.05) is 6.61 Å².